The molecule has 0 unspecified atom stereocenters. The Hall–Kier alpha value is -3.17. The van der Waals surface area contributed by atoms with Gasteiger partial charge in [0.15, 0.2) is 0 Å². The van der Waals surface area contributed by atoms with E-state index < -0.39 is 0 Å². The minimum Gasteiger partial charge on any atom is -0.300 e. The first-order valence-electron chi connectivity index (χ1n) is 14.6. The number of nitrogens with zero attached hydrogens (tertiary/aromatic N) is 1. The first kappa shape index (κ1) is 28.4. The van der Waals surface area contributed by atoms with Crippen LogP contribution in [0, 0.1) is 12.3 Å². The minimum atomic E-state index is 0.224. The Labute approximate surface area is 244 Å². The number of rotatable bonds is 12. The Morgan fingerprint density at radius 1 is 0.975 bits per heavy atom. The predicted molar refractivity (Wildman–Crippen MR) is 173 cm³/mol. The summed E-state index contributed by atoms with van der Waals surface area (Å²) in [5.74, 6) is 1.91. The number of Topliss-reactive ketones (excluding diaryl/α,β-unsaturated/α-hetero) is 1. The number of carbonyl (C=O) groups excluding carboxylic acids is 1. The van der Waals surface area contributed by atoms with Crippen molar-refractivity contribution in [2.24, 2.45) is 5.41 Å². The fraction of sp³-hybridized carbons (Fsp3) is 0.351. The van der Waals surface area contributed by atoms with Gasteiger partial charge in [-0.1, -0.05) is 86.7 Å². The van der Waals surface area contributed by atoms with Gasteiger partial charge in [0.1, 0.15) is 5.78 Å². The van der Waals surface area contributed by atoms with Crippen LogP contribution in [-0.2, 0) is 11.2 Å². The van der Waals surface area contributed by atoms with Crippen LogP contribution in [-0.4, -0.2) is 16.5 Å². The Kier molecular flexibility index (Phi) is 8.90. The molecule has 1 fully saturated rings. The van der Waals surface area contributed by atoms with Gasteiger partial charge in [0.25, 0.3) is 0 Å². The number of aryl methyl sites for hydroxylation is 2. The smallest absolute Gasteiger partial charge is 0.130 e. The highest BCUT2D eigenvalue weighted by atomic mass is 32.2. The molecule has 0 radical (unpaired) electrons. The number of fused-ring (bicyclic) bond motifs is 1. The zero-order chi connectivity index (χ0) is 28.1. The molecule has 0 saturated heterocycles. The largest absolute Gasteiger partial charge is 0.300 e. The molecule has 1 aliphatic rings. The van der Waals surface area contributed by atoms with E-state index in [9.17, 15) is 4.79 Å². The maximum atomic E-state index is 11.9. The fourth-order valence-electron chi connectivity index (χ4n) is 5.69. The Morgan fingerprint density at radius 2 is 1.77 bits per heavy atom. The standard InChI is InChI=1S/C37H41NOS/c1-26(2)34-11-6-5-9-30(34)16-19-36(40-25-37(20-21-37)24-28(4)39)32-10-7-8-29(23-32)13-17-33-18-15-31-14-12-27(3)22-35(31)38-33/h5-15,17-18,22-23,26,36H,16,19-21,24-25H2,1-4H3/b17-13+/t36-/m1/s1. The van der Waals surface area contributed by atoms with Crippen molar-refractivity contribution < 1.29 is 4.79 Å². The van der Waals surface area contributed by atoms with Gasteiger partial charge in [-0.25, -0.2) is 4.98 Å². The number of hydrogen-bond donors (Lipinski definition) is 0. The van der Waals surface area contributed by atoms with Crippen molar-refractivity contribution in [2.75, 3.05) is 5.75 Å². The van der Waals surface area contributed by atoms with Crippen molar-refractivity contribution in [3.8, 4) is 0 Å². The normalized spacial score (nSPS) is 15.1. The van der Waals surface area contributed by atoms with Crippen molar-refractivity contribution in [1.29, 1.82) is 0 Å². The quantitative estimate of drug-likeness (QED) is 0.177. The lowest BCUT2D eigenvalue weighted by Gasteiger charge is -2.22. The lowest BCUT2D eigenvalue weighted by atomic mass is 9.93. The third-order valence-corrected chi connectivity index (χ3v) is 9.81. The van der Waals surface area contributed by atoms with Crippen molar-refractivity contribution in [1.82, 2.24) is 4.98 Å². The topological polar surface area (TPSA) is 30.0 Å². The maximum Gasteiger partial charge on any atom is 0.130 e. The molecule has 0 spiro atoms. The lowest BCUT2D eigenvalue weighted by molar-refractivity contribution is -0.117. The molecule has 3 aromatic carbocycles. The van der Waals surface area contributed by atoms with Crippen LogP contribution in [0.2, 0.25) is 0 Å². The molecular formula is C37H41NOS. The molecule has 206 valence electrons. The van der Waals surface area contributed by atoms with Crippen molar-refractivity contribution in [3.63, 3.8) is 0 Å². The summed E-state index contributed by atoms with van der Waals surface area (Å²) in [7, 11) is 0. The molecule has 40 heavy (non-hydrogen) atoms. The Balaban J connectivity index is 1.36. The molecule has 2 nitrogen and oxygen atoms in total. The number of benzene rings is 3. The molecule has 4 aromatic rings. The number of ketones is 1. The number of thioether (sulfide) groups is 1. The van der Waals surface area contributed by atoms with E-state index in [-0.39, 0.29) is 5.41 Å². The summed E-state index contributed by atoms with van der Waals surface area (Å²) in [6.45, 7) is 8.42. The summed E-state index contributed by atoms with van der Waals surface area (Å²) in [6.07, 6.45) is 9.54. The van der Waals surface area contributed by atoms with Gasteiger partial charge in [-0.2, -0.15) is 11.8 Å². The predicted octanol–water partition coefficient (Wildman–Crippen LogP) is 10.0. The van der Waals surface area contributed by atoms with E-state index in [2.05, 4.69) is 124 Å². The summed E-state index contributed by atoms with van der Waals surface area (Å²) in [5.41, 5.74) is 8.94. The van der Waals surface area contributed by atoms with Crippen molar-refractivity contribution in [3.05, 3.63) is 112 Å². The summed E-state index contributed by atoms with van der Waals surface area (Å²) >= 11 is 2.06. The van der Waals surface area contributed by atoms with E-state index in [0.29, 0.717) is 17.0 Å². The third-order valence-electron chi connectivity index (χ3n) is 8.12. The molecule has 0 aliphatic heterocycles. The van der Waals surface area contributed by atoms with E-state index in [1.165, 1.54) is 46.0 Å². The molecule has 3 heteroatoms. The van der Waals surface area contributed by atoms with Crippen LogP contribution in [0.3, 0.4) is 0 Å². The summed E-state index contributed by atoms with van der Waals surface area (Å²) < 4.78 is 0. The van der Waals surface area contributed by atoms with Gasteiger partial charge in [-0.15, -0.1) is 0 Å². The Morgan fingerprint density at radius 3 is 2.55 bits per heavy atom. The van der Waals surface area contributed by atoms with Gasteiger partial charge < -0.3 is 4.79 Å². The second-order valence-corrected chi connectivity index (χ2v) is 13.2. The van der Waals surface area contributed by atoms with E-state index in [1.807, 2.05) is 0 Å². The number of aromatic nitrogens is 1. The number of pyridine rings is 1. The average Bonchev–Trinajstić information content (AvgIpc) is 3.70. The first-order chi connectivity index (χ1) is 19.3. The van der Waals surface area contributed by atoms with Gasteiger partial charge >= 0.3 is 0 Å². The molecule has 1 heterocycles. The molecule has 1 atom stereocenters. The molecule has 1 aromatic heterocycles. The highest BCUT2D eigenvalue weighted by molar-refractivity contribution is 7.99. The molecule has 1 aliphatic carbocycles. The molecular weight excluding hydrogens is 506 g/mol. The zero-order valence-corrected chi connectivity index (χ0v) is 25.1. The van der Waals surface area contributed by atoms with Crippen LogP contribution < -0.4 is 0 Å². The first-order valence-corrected chi connectivity index (χ1v) is 15.7. The highest BCUT2D eigenvalue weighted by Crippen LogP contribution is 2.53. The van der Waals surface area contributed by atoms with Gasteiger partial charge in [0, 0.05) is 17.1 Å². The molecule has 0 N–H and O–H groups in total. The minimum absolute atomic E-state index is 0.224. The molecule has 0 amide bonds. The number of hydrogen-bond acceptors (Lipinski definition) is 3. The van der Waals surface area contributed by atoms with Crippen LogP contribution in [0.25, 0.3) is 23.1 Å². The van der Waals surface area contributed by atoms with E-state index in [1.54, 1.807) is 6.92 Å². The second-order valence-electron chi connectivity index (χ2n) is 12.0. The van der Waals surface area contributed by atoms with Crippen LogP contribution in [0.1, 0.15) is 91.1 Å². The van der Waals surface area contributed by atoms with E-state index >= 15 is 0 Å². The molecule has 1 saturated carbocycles. The number of carbonyl (C=O) groups is 1. The van der Waals surface area contributed by atoms with Gasteiger partial charge in [0.2, 0.25) is 0 Å². The second kappa shape index (κ2) is 12.6. The van der Waals surface area contributed by atoms with Gasteiger partial charge in [0.05, 0.1) is 11.2 Å². The lowest BCUT2D eigenvalue weighted by Crippen LogP contribution is -2.11. The Bertz CT molecular complexity index is 1510. The van der Waals surface area contributed by atoms with Crippen molar-refractivity contribution >= 4 is 40.6 Å². The van der Waals surface area contributed by atoms with Crippen LogP contribution in [0.4, 0.5) is 0 Å². The van der Waals surface area contributed by atoms with E-state index in [4.69, 9.17) is 4.98 Å². The molecule has 0 bridgehead atoms. The summed E-state index contributed by atoms with van der Waals surface area (Å²) in [5, 5.41) is 1.56. The monoisotopic (exact) mass is 547 g/mol. The SMILES string of the molecule is CC(=O)CC1(CS[C@H](CCc2ccccc2C(C)C)c2cccc(/C=C/c3ccc4ccc(C)cc4n3)c2)CC1. The zero-order valence-electron chi connectivity index (χ0n) is 24.3. The van der Waals surface area contributed by atoms with Gasteiger partial charge in [-0.05, 0) is 103 Å². The average molecular weight is 548 g/mol. The highest BCUT2D eigenvalue weighted by Gasteiger charge is 2.43. The maximum absolute atomic E-state index is 11.9. The van der Waals surface area contributed by atoms with Crippen LogP contribution >= 0.6 is 11.8 Å². The van der Waals surface area contributed by atoms with E-state index in [0.717, 1.165) is 36.2 Å². The molecule has 5 rings (SSSR count). The third kappa shape index (κ3) is 7.31. The van der Waals surface area contributed by atoms with Crippen LogP contribution in [0.5, 0.6) is 0 Å². The summed E-state index contributed by atoms with van der Waals surface area (Å²) in [4.78, 5) is 16.8. The summed E-state index contributed by atoms with van der Waals surface area (Å²) in [6, 6.07) is 28.5. The van der Waals surface area contributed by atoms with Gasteiger partial charge in [-0.3, -0.25) is 0 Å². The van der Waals surface area contributed by atoms with Crippen LogP contribution in [0.15, 0.2) is 78.9 Å². The van der Waals surface area contributed by atoms with Crippen molar-refractivity contribution in [2.45, 2.75) is 71.0 Å². The fourth-order valence-corrected chi connectivity index (χ4v) is 7.26.